The summed E-state index contributed by atoms with van der Waals surface area (Å²) in [6, 6.07) is 18.8. The fourth-order valence-electron chi connectivity index (χ4n) is 3.73. The van der Waals surface area contributed by atoms with Crippen molar-refractivity contribution in [1.82, 2.24) is 4.90 Å². The summed E-state index contributed by atoms with van der Waals surface area (Å²) in [5.74, 6) is 1.91. The Bertz CT molecular complexity index is 673. The van der Waals surface area contributed by atoms with Gasteiger partial charge in [-0.1, -0.05) is 42.5 Å². The molecule has 26 heavy (non-hydrogen) atoms. The molecular formula is C23H29NO2. The highest BCUT2D eigenvalue weighted by atomic mass is 16.5. The molecule has 0 aromatic heterocycles. The van der Waals surface area contributed by atoms with E-state index in [-0.39, 0.29) is 0 Å². The normalized spacial score (nSPS) is 15.0. The minimum absolute atomic E-state index is 0.323. The van der Waals surface area contributed by atoms with Crippen molar-refractivity contribution in [2.45, 2.75) is 38.5 Å². The summed E-state index contributed by atoms with van der Waals surface area (Å²) in [6.07, 6.45) is 5.90. The molecule has 0 unspecified atom stereocenters. The van der Waals surface area contributed by atoms with E-state index < -0.39 is 0 Å². The molecule has 3 rings (SSSR count). The van der Waals surface area contributed by atoms with Crippen LogP contribution < -0.4 is 4.74 Å². The van der Waals surface area contributed by atoms with Crippen LogP contribution in [0.1, 0.15) is 36.8 Å². The number of benzene rings is 2. The third-order valence-corrected chi connectivity index (χ3v) is 5.35. The molecule has 1 fully saturated rings. The molecule has 0 bridgehead atoms. The number of piperidine rings is 1. The molecule has 1 aliphatic rings. The first-order chi connectivity index (χ1) is 12.7. The average Bonchev–Trinajstić information content (AvgIpc) is 2.70. The molecule has 0 aliphatic carbocycles. The molecule has 2 aromatic carbocycles. The molecule has 3 heteroatoms. The van der Waals surface area contributed by atoms with E-state index in [1.165, 1.54) is 11.1 Å². The second kappa shape index (κ2) is 9.42. The fourth-order valence-corrected chi connectivity index (χ4v) is 3.73. The van der Waals surface area contributed by atoms with Crippen molar-refractivity contribution >= 4 is 5.91 Å². The van der Waals surface area contributed by atoms with Gasteiger partial charge in [-0.15, -0.1) is 0 Å². The van der Waals surface area contributed by atoms with E-state index in [1.54, 1.807) is 7.11 Å². The molecule has 0 atom stereocenters. The summed E-state index contributed by atoms with van der Waals surface area (Å²) in [7, 11) is 1.70. The van der Waals surface area contributed by atoms with E-state index in [4.69, 9.17) is 4.74 Å². The SMILES string of the molecule is COc1ccc(CC2CCN(C(=O)CCCc3ccccc3)CC2)cc1. The van der Waals surface area contributed by atoms with Crippen LogP contribution in [0.4, 0.5) is 0 Å². The van der Waals surface area contributed by atoms with Crippen molar-refractivity contribution in [1.29, 1.82) is 0 Å². The van der Waals surface area contributed by atoms with Crippen LogP contribution in [0.2, 0.25) is 0 Å². The number of hydrogen-bond acceptors (Lipinski definition) is 2. The van der Waals surface area contributed by atoms with Gasteiger partial charge < -0.3 is 9.64 Å². The van der Waals surface area contributed by atoms with E-state index in [1.807, 2.05) is 18.2 Å². The van der Waals surface area contributed by atoms with E-state index in [0.717, 1.165) is 50.9 Å². The van der Waals surface area contributed by atoms with Gasteiger partial charge >= 0.3 is 0 Å². The fraction of sp³-hybridized carbons (Fsp3) is 0.435. The van der Waals surface area contributed by atoms with Gasteiger partial charge in [0, 0.05) is 19.5 Å². The molecule has 0 radical (unpaired) electrons. The zero-order chi connectivity index (χ0) is 18.2. The first-order valence-corrected chi connectivity index (χ1v) is 9.69. The van der Waals surface area contributed by atoms with Gasteiger partial charge in [-0.05, 0) is 61.3 Å². The molecular weight excluding hydrogens is 322 g/mol. The highest BCUT2D eigenvalue weighted by Crippen LogP contribution is 2.23. The van der Waals surface area contributed by atoms with Crippen LogP contribution in [-0.2, 0) is 17.6 Å². The van der Waals surface area contributed by atoms with Gasteiger partial charge in [-0.2, -0.15) is 0 Å². The zero-order valence-corrected chi connectivity index (χ0v) is 15.7. The van der Waals surface area contributed by atoms with Crippen molar-refractivity contribution in [3.05, 3.63) is 65.7 Å². The zero-order valence-electron chi connectivity index (χ0n) is 15.7. The maximum absolute atomic E-state index is 12.4. The Morgan fingerprint density at radius 2 is 1.69 bits per heavy atom. The minimum Gasteiger partial charge on any atom is -0.497 e. The monoisotopic (exact) mass is 351 g/mol. The lowest BCUT2D eigenvalue weighted by Crippen LogP contribution is -2.38. The van der Waals surface area contributed by atoms with Gasteiger partial charge in [-0.3, -0.25) is 4.79 Å². The van der Waals surface area contributed by atoms with Crippen LogP contribution in [0, 0.1) is 5.92 Å². The van der Waals surface area contributed by atoms with Gasteiger partial charge in [0.2, 0.25) is 5.91 Å². The standard InChI is InChI=1S/C23H29NO2/c1-26-22-12-10-20(11-13-22)18-21-14-16-24(17-15-21)23(25)9-5-8-19-6-3-2-4-7-19/h2-4,6-7,10-13,21H,5,8-9,14-18H2,1H3. The number of rotatable bonds is 7. The summed E-state index contributed by atoms with van der Waals surface area (Å²) in [5, 5.41) is 0. The summed E-state index contributed by atoms with van der Waals surface area (Å²) in [4.78, 5) is 14.5. The largest absolute Gasteiger partial charge is 0.497 e. The Morgan fingerprint density at radius 3 is 2.35 bits per heavy atom. The number of carbonyl (C=O) groups excluding carboxylic acids is 1. The first kappa shape index (κ1) is 18.5. The number of amides is 1. The van der Waals surface area contributed by atoms with E-state index in [2.05, 4.69) is 41.3 Å². The summed E-state index contributed by atoms with van der Waals surface area (Å²) in [5.41, 5.74) is 2.68. The van der Waals surface area contributed by atoms with Crippen LogP contribution in [0.25, 0.3) is 0 Å². The quantitative estimate of drug-likeness (QED) is 0.735. The lowest BCUT2D eigenvalue weighted by Gasteiger charge is -2.32. The molecule has 0 saturated carbocycles. The Labute approximate surface area is 157 Å². The Kier molecular flexibility index (Phi) is 6.70. The van der Waals surface area contributed by atoms with Gasteiger partial charge in [-0.25, -0.2) is 0 Å². The molecule has 1 heterocycles. The van der Waals surface area contributed by atoms with Crippen LogP contribution in [0.3, 0.4) is 0 Å². The predicted octanol–water partition coefficient (Wildman–Crippen LogP) is 4.50. The maximum Gasteiger partial charge on any atom is 0.222 e. The van der Waals surface area contributed by atoms with Crippen molar-refractivity contribution in [3.8, 4) is 5.75 Å². The first-order valence-electron chi connectivity index (χ1n) is 9.69. The van der Waals surface area contributed by atoms with Crippen LogP contribution in [0.15, 0.2) is 54.6 Å². The molecule has 3 nitrogen and oxygen atoms in total. The van der Waals surface area contributed by atoms with Crippen LogP contribution in [-0.4, -0.2) is 31.0 Å². The van der Waals surface area contributed by atoms with Crippen molar-refractivity contribution in [3.63, 3.8) is 0 Å². The molecule has 1 saturated heterocycles. The van der Waals surface area contributed by atoms with Crippen LogP contribution >= 0.6 is 0 Å². The number of likely N-dealkylation sites (tertiary alicyclic amines) is 1. The summed E-state index contributed by atoms with van der Waals surface area (Å²) in [6.45, 7) is 1.82. The molecule has 138 valence electrons. The van der Waals surface area contributed by atoms with Gasteiger partial charge in [0.15, 0.2) is 0 Å². The van der Waals surface area contributed by atoms with E-state index >= 15 is 0 Å². The van der Waals surface area contributed by atoms with Crippen molar-refractivity contribution < 1.29 is 9.53 Å². The second-order valence-corrected chi connectivity index (χ2v) is 7.22. The Balaban J connectivity index is 1.37. The maximum atomic E-state index is 12.4. The lowest BCUT2D eigenvalue weighted by molar-refractivity contribution is -0.132. The number of ether oxygens (including phenoxy) is 1. The van der Waals surface area contributed by atoms with Crippen LogP contribution in [0.5, 0.6) is 5.75 Å². The summed E-state index contributed by atoms with van der Waals surface area (Å²) < 4.78 is 5.22. The number of nitrogens with zero attached hydrogens (tertiary/aromatic N) is 1. The van der Waals surface area contributed by atoms with Gasteiger partial charge in [0.05, 0.1) is 7.11 Å². The third kappa shape index (κ3) is 5.35. The van der Waals surface area contributed by atoms with Gasteiger partial charge in [0.1, 0.15) is 5.75 Å². The smallest absolute Gasteiger partial charge is 0.222 e. The Morgan fingerprint density at radius 1 is 1.00 bits per heavy atom. The lowest BCUT2D eigenvalue weighted by atomic mass is 9.90. The van der Waals surface area contributed by atoms with Gasteiger partial charge in [0.25, 0.3) is 0 Å². The van der Waals surface area contributed by atoms with Crippen molar-refractivity contribution in [2.24, 2.45) is 5.92 Å². The Hall–Kier alpha value is -2.29. The topological polar surface area (TPSA) is 29.5 Å². The number of carbonyl (C=O) groups is 1. The molecule has 1 amide bonds. The molecule has 0 spiro atoms. The van der Waals surface area contributed by atoms with E-state index in [0.29, 0.717) is 18.2 Å². The van der Waals surface area contributed by atoms with Crippen molar-refractivity contribution in [2.75, 3.05) is 20.2 Å². The highest BCUT2D eigenvalue weighted by Gasteiger charge is 2.22. The highest BCUT2D eigenvalue weighted by molar-refractivity contribution is 5.76. The number of methoxy groups -OCH3 is 1. The predicted molar refractivity (Wildman–Crippen MR) is 105 cm³/mol. The second-order valence-electron chi connectivity index (χ2n) is 7.22. The van der Waals surface area contributed by atoms with E-state index in [9.17, 15) is 4.79 Å². The summed E-state index contributed by atoms with van der Waals surface area (Å²) >= 11 is 0. The number of hydrogen-bond donors (Lipinski definition) is 0. The number of aryl methyl sites for hydroxylation is 1. The molecule has 1 aliphatic heterocycles. The average molecular weight is 351 g/mol. The molecule has 2 aromatic rings. The third-order valence-electron chi connectivity index (χ3n) is 5.35. The minimum atomic E-state index is 0.323. The molecule has 0 N–H and O–H groups in total.